The molecule has 0 atom stereocenters. The van der Waals surface area contributed by atoms with Gasteiger partial charge in [-0.1, -0.05) is 6.07 Å². The third-order valence-corrected chi connectivity index (χ3v) is 2.24. The number of rotatable bonds is 1. The van der Waals surface area contributed by atoms with Crippen LogP contribution in [0.2, 0.25) is 0 Å². The Morgan fingerprint density at radius 2 is 2.14 bits per heavy atom. The van der Waals surface area contributed by atoms with Crippen LogP contribution in [0, 0.1) is 0 Å². The summed E-state index contributed by atoms with van der Waals surface area (Å²) in [4.78, 5) is 11.0. The average molecular weight is 197 g/mol. The number of carbonyl (C=O) groups is 1. The zero-order valence-electron chi connectivity index (χ0n) is 7.60. The lowest BCUT2D eigenvalue weighted by Crippen LogP contribution is -2.06. The molecule has 74 valence electrons. The van der Waals surface area contributed by atoms with Gasteiger partial charge in [0.15, 0.2) is 0 Å². The minimum Gasteiger partial charge on any atom is -0.326 e. The summed E-state index contributed by atoms with van der Waals surface area (Å²) >= 11 is 0. The number of hydrogen-bond acceptors (Lipinski definition) is 1. The largest absolute Gasteiger partial charge is 0.326 e. The van der Waals surface area contributed by atoms with Crippen molar-refractivity contribution in [2.24, 2.45) is 0 Å². The van der Waals surface area contributed by atoms with Crippen LogP contribution in [0.25, 0.3) is 0 Å². The number of amides is 1. The van der Waals surface area contributed by atoms with Gasteiger partial charge in [-0.15, -0.1) is 0 Å². The molecule has 1 heterocycles. The number of benzene rings is 1. The van der Waals surface area contributed by atoms with Crippen LogP contribution in [0.1, 0.15) is 18.1 Å². The van der Waals surface area contributed by atoms with Crippen molar-refractivity contribution >= 4 is 11.6 Å². The van der Waals surface area contributed by atoms with Crippen LogP contribution >= 0.6 is 0 Å². The van der Waals surface area contributed by atoms with Crippen molar-refractivity contribution in [3.05, 3.63) is 29.3 Å². The van der Waals surface area contributed by atoms with E-state index in [9.17, 15) is 13.6 Å². The quantitative estimate of drug-likeness (QED) is 0.735. The zero-order chi connectivity index (χ0) is 10.3. The molecule has 1 aliphatic heterocycles. The maximum absolute atomic E-state index is 12.9. The molecule has 1 aliphatic rings. The van der Waals surface area contributed by atoms with Crippen LogP contribution in [-0.4, -0.2) is 5.91 Å². The molecule has 2 rings (SSSR count). The molecule has 0 spiro atoms. The molecule has 0 aliphatic carbocycles. The summed E-state index contributed by atoms with van der Waals surface area (Å²) in [5, 5.41) is 2.59. The van der Waals surface area contributed by atoms with Crippen molar-refractivity contribution < 1.29 is 13.6 Å². The zero-order valence-corrected chi connectivity index (χ0v) is 7.60. The number of halogens is 2. The normalized spacial score (nSPS) is 15.2. The van der Waals surface area contributed by atoms with E-state index in [2.05, 4.69) is 5.32 Å². The maximum atomic E-state index is 12.9. The average Bonchev–Trinajstić information content (AvgIpc) is 2.41. The molecule has 1 amide bonds. The molecule has 0 saturated carbocycles. The van der Waals surface area contributed by atoms with E-state index in [0.717, 1.165) is 6.92 Å². The second kappa shape index (κ2) is 2.77. The van der Waals surface area contributed by atoms with Crippen LogP contribution in [0.3, 0.4) is 0 Å². The molecule has 0 radical (unpaired) electrons. The van der Waals surface area contributed by atoms with E-state index in [1.807, 2.05) is 0 Å². The second-order valence-corrected chi connectivity index (χ2v) is 3.49. The molecule has 0 unspecified atom stereocenters. The van der Waals surface area contributed by atoms with Crippen LogP contribution in [0.15, 0.2) is 18.2 Å². The van der Waals surface area contributed by atoms with Crippen molar-refractivity contribution in [1.29, 1.82) is 0 Å². The van der Waals surface area contributed by atoms with Crippen molar-refractivity contribution in [2.75, 3.05) is 5.32 Å². The molecule has 0 fully saturated rings. The summed E-state index contributed by atoms with van der Waals surface area (Å²) in [6.07, 6.45) is 0.194. The van der Waals surface area contributed by atoms with Gasteiger partial charge >= 0.3 is 0 Å². The number of hydrogen-bond donors (Lipinski definition) is 1. The second-order valence-electron chi connectivity index (χ2n) is 3.49. The van der Waals surface area contributed by atoms with Gasteiger partial charge in [0.2, 0.25) is 5.91 Å². The number of anilines is 1. The Morgan fingerprint density at radius 3 is 2.79 bits per heavy atom. The predicted octanol–water partition coefficient (Wildman–Crippen LogP) is 2.29. The Morgan fingerprint density at radius 1 is 1.43 bits per heavy atom. The molecule has 4 heteroatoms. The summed E-state index contributed by atoms with van der Waals surface area (Å²) in [6.45, 7) is 0.846. The lowest BCUT2D eigenvalue weighted by Gasteiger charge is -2.11. The van der Waals surface area contributed by atoms with Crippen LogP contribution in [-0.2, 0) is 17.1 Å². The number of carbonyl (C=O) groups excluding carboxylic acids is 1. The number of alkyl halides is 2. The molecular weight excluding hydrogens is 188 g/mol. The monoisotopic (exact) mass is 197 g/mol. The Balaban J connectivity index is 2.43. The van der Waals surface area contributed by atoms with Gasteiger partial charge in [-0.2, -0.15) is 0 Å². The highest BCUT2D eigenvalue weighted by Gasteiger charge is 2.27. The Bertz CT molecular complexity index is 396. The molecule has 14 heavy (non-hydrogen) atoms. The maximum Gasteiger partial charge on any atom is 0.270 e. The Hall–Kier alpha value is -1.45. The van der Waals surface area contributed by atoms with Crippen LogP contribution < -0.4 is 5.32 Å². The number of fused-ring (bicyclic) bond motifs is 1. The van der Waals surface area contributed by atoms with Crippen LogP contribution in [0.5, 0.6) is 0 Å². The van der Waals surface area contributed by atoms with Gasteiger partial charge in [-0.3, -0.25) is 4.79 Å². The van der Waals surface area contributed by atoms with Crippen molar-refractivity contribution in [2.45, 2.75) is 19.3 Å². The molecule has 0 saturated heterocycles. The van der Waals surface area contributed by atoms with Gasteiger partial charge < -0.3 is 5.32 Å². The van der Waals surface area contributed by atoms with Gasteiger partial charge in [0.1, 0.15) is 0 Å². The van der Waals surface area contributed by atoms with E-state index in [0.29, 0.717) is 11.3 Å². The highest BCUT2D eigenvalue weighted by atomic mass is 19.3. The first-order valence-electron chi connectivity index (χ1n) is 4.28. The van der Waals surface area contributed by atoms with E-state index in [4.69, 9.17) is 0 Å². The summed E-state index contributed by atoms with van der Waals surface area (Å²) in [5.41, 5.74) is 1.24. The first-order chi connectivity index (χ1) is 6.47. The standard InChI is InChI=1S/C10H9F2NO/c1-10(11,12)7-2-3-8-6(4-7)5-9(14)13-8/h2-4H,5H2,1H3,(H,13,14). The highest BCUT2D eigenvalue weighted by Crippen LogP contribution is 2.32. The Kier molecular flexibility index (Phi) is 1.80. The van der Waals surface area contributed by atoms with Gasteiger partial charge in [0.05, 0.1) is 6.42 Å². The summed E-state index contributed by atoms with van der Waals surface area (Å²) in [7, 11) is 0. The van der Waals surface area contributed by atoms with E-state index in [1.165, 1.54) is 18.2 Å². The van der Waals surface area contributed by atoms with Crippen molar-refractivity contribution in [1.82, 2.24) is 0 Å². The van der Waals surface area contributed by atoms with Gasteiger partial charge in [0, 0.05) is 18.2 Å². The van der Waals surface area contributed by atoms with Gasteiger partial charge in [0.25, 0.3) is 5.92 Å². The van der Waals surface area contributed by atoms with Crippen LogP contribution in [0.4, 0.5) is 14.5 Å². The third-order valence-electron chi connectivity index (χ3n) is 2.24. The first kappa shape index (κ1) is 9.12. The minimum absolute atomic E-state index is 0.0484. The lowest BCUT2D eigenvalue weighted by atomic mass is 10.0. The lowest BCUT2D eigenvalue weighted by molar-refractivity contribution is -0.115. The fourth-order valence-corrected chi connectivity index (χ4v) is 1.50. The molecule has 0 aromatic heterocycles. The Labute approximate surface area is 79.9 Å². The van der Waals surface area contributed by atoms with Gasteiger partial charge in [-0.25, -0.2) is 8.78 Å². The smallest absolute Gasteiger partial charge is 0.270 e. The minimum atomic E-state index is -2.85. The van der Waals surface area contributed by atoms with Crippen molar-refractivity contribution in [3.8, 4) is 0 Å². The van der Waals surface area contributed by atoms with E-state index < -0.39 is 5.92 Å². The predicted molar refractivity (Wildman–Crippen MR) is 48.3 cm³/mol. The molecule has 0 bridgehead atoms. The molecular formula is C10H9F2NO. The molecule has 1 aromatic rings. The highest BCUT2D eigenvalue weighted by molar-refractivity contribution is 5.99. The molecule has 2 nitrogen and oxygen atoms in total. The van der Waals surface area contributed by atoms with Gasteiger partial charge in [-0.05, 0) is 17.7 Å². The van der Waals surface area contributed by atoms with E-state index in [-0.39, 0.29) is 17.9 Å². The van der Waals surface area contributed by atoms with Crippen molar-refractivity contribution in [3.63, 3.8) is 0 Å². The fraction of sp³-hybridized carbons (Fsp3) is 0.300. The molecule has 1 aromatic carbocycles. The summed E-state index contributed by atoms with van der Waals surface area (Å²) < 4.78 is 25.8. The third kappa shape index (κ3) is 1.47. The SMILES string of the molecule is CC(F)(F)c1ccc2c(c1)CC(=O)N2. The number of nitrogens with one attached hydrogen (secondary N) is 1. The summed E-state index contributed by atoms with van der Waals surface area (Å²) in [5.74, 6) is -2.99. The first-order valence-corrected chi connectivity index (χ1v) is 4.28. The topological polar surface area (TPSA) is 29.1 Å². The molecule has 1 N–H and O–H groups in total. The van der Waals surface area contributed by atoms with E-state index in [1.54, 1.807) is 0 Å². The fourth-order valence-electron chi connectivity index (χ4n) is 1.50. The van der Waals surface area contributed by atoms with E-state index >= 15 is 0 Å². The summed E-state index contributed by atoms with van der Waals surface area (Å²) in [6, 6.07) is 4.24.